The molecule has 1 aromatic carbocycles. The monoisotopic (exact) mass is 427 g/mol. The lowest BCUT2D eigenvalue weighted by atomic mass is 10.1. The number of halogens is 2. The number of aromatic amines is 1. The molecular weight excluding hydrogens is 409 g/mol. The Hall–Kier alpha value is -2.13. The number of H-pyrrole nitrogens is 1. The largest absolute Gasteiger partial charge is 0.390 e. The van der Waals surface area contributed by atoms with Crippen LogP contribution in [0.4, 0.5) is 0 Å². The van der Waals surface area contributed by atoms with E-state index in [9.17, 15) is 19.5 Å². The van der Waals surface area contributed by atoms with Gasteiger partial charge in [-0.05, 0) is 24.6 Å². The summed E-state index contributed by atoms with van der Waals surface area (Å²) in [5.74, 6) is -0.327. The van der Waals surface area contributed by atoms with Crippen molar-refractivity contribution in [2.45, 2.75) is 38.2 Å². The van der Waals surface area contributed by atoms with E-state index in [-0.39, 0.29) is 25.3 Å². The van der Waals surface area contributed by atoms with E-state index in [2.05, 4.69) is 10.3 Å². The number of aliphatic hydroxyl groups is 1. The molecule has 1 unspecified atom stereocenters. The predicted molar refractivity (Wildman–Crippen MR) is 104 cm³/mol. The van der Waals surface area contributed by atoms with Crippen LogP contribution in [0.1, 0.15) is 23.8 Å². The van der Waals surface area contributed by atoms with E-state index in [1.54, 1.807) is 25.1 Å². The van der Waals surface area contributed by atoms with Crippen molar-refractivity contribution in [3.05, 3.63) is 66.4 Å². The third kappa shape index (κ3) is 4.47. The molecular formula is C18H19Cl2N3O5. The van der Waals surface area contributed by atoms with Crippen molar-refractivity contribution < 1.29 is 14.6 Å². The Kier molecular flexibility index (Phi) is 6.24. The molecule has 1 aromatic heterocycles. The highest BCUT2D eigenvalue weighted by molar-refractivity contribution is 6.36. The number of ether oxygens (including phenoxy) is 1. The fourth-order valence-corrected chi connectivity index (χ4v) is 3.54. The van der Waals surface area contributed by atoms with E-state index in [0.29, 0.717) is 21.2 Å². The maximum Gasteiger partial charge on any atom is 0.330 e. The Morgan fingerprint density at radius 2 is 2.04 bits per heavy atom. The Morgan fingerprint density at radius 3 is 2.71 bits per heavy atom. The second kappa shape index (κ2) is 8.48. The lowest BCUT2D eigenvalue weighted by molar-refractivity contribution is -0.121. The second-order valence-electron chi connectivity index (χ2n) is 6.59. The van der Waals surface area contributed by atoms with Crippen molar-refractivity contribution >= 4 is 29.1 Å². The fourth-order valence-electron chi connectivity index (χ4n) is 3.01. The summed E-state index contributed by atoms with van der Waals surface area (Å²) in [6.45, 7) is 1.62. The van der Waals surface area contributed by atoms with Crippen LogP contribution in [0.5, 0.6) is 0 Å². The zero-order valence-electron chi connectivity index (χ0n) is 14.9. The summed E-state index contributed by atoms with van der Waals surface area (Å²) in [5.41, 5.74) is -0.219. The van der Waals surface area contributed by atoms with Gasteiger partial charge in [0.1, 0.15) is 12.3 Å². The van der Waals surface area contributed by atoms with Crippen molar-refractivity contribution in [2.75, 3.05) is 6.54 Å². The minimum absolute atomic E-state index is 0.0106. The molecule has 0 aliphatic carbocycles. The number of benzene rings is 1. The van der Waals surface area contributed by atoms with Crippen molar-refractivity contribution in [3.63, 3.8) is 0 Å². The number of aromatic nitrogens is 2. The first-order valence-electron chi connectivity index (χ1n) is 8.61. The van der Waals surface area contributed by atoms with Gasteiger partial charge in [-0.3, -0.25) is 19.1 Å². The molecule has 8 nitrogen and oxygen atoms in total. The molecule has 1 aliphatic rings. The van der Waals surface area contributed by atoms with Crippen LogP contribution in [0, 0.1) is 6.92 Å². The summed E-state index contributed by atoms with van der Waals surface area (Å²) in [6, 6.07) is 4.98. The lowest BCUT2D eigenvalue weighted by Gasteiger charge is -2.17. The molecule has 0 radical (unpaired) electrons. The molecule has 2 aromatic rings. The third-order valence-corrected chi connectivity index (χ3v) is 5.27. The summed E-state index contributed by atoms with van der Waals surface area (Å²) in [4.78, 5) is 37.9. The third-order valence-electron chi connectivity index (χ3n) is 4.56. The van der Waals surface area contributed by atoms with Crippen molar-refractivity contribution in [2.24, 2.45) is 0 Å². The smallest absolute Gasteiger partial charge is 0.330 e. The van der Waals surface area contributed by atoms with E-state index in [0.717, 1.165) is 0 Å². The normalized spacial score (nSPS) is 21.6. The first-order chi connectivity index (χ1) is 13.3. The van der Waals surface area contributed by atoms with Gasteiger partial charge in [0.2, 0.25) is 5.91 Å². The number of amides is 1. The molecule has 3 rings (SSSR count). The molecule has 1 aliphatic heterocycles. The molecule has 3 N–H and O–H groups in total. The highest BCUT2D eigenvalue weighted by Gasteiger charge is 2.35. The van der Waals surface area contributed by atoms with Crippen LogP contribution >= 0.6 is 23.2 Å². The number of hydrogen-bond donors (Lipinski definition) is 3. The number of carbonyl (C=O) groups excluding carboxylic acids is 1. The summed E-state index contributed by atoms with van der Waals surface area (Å²) in [5, 5.41) is 13.7. The van der Waals surface area contributed by atoms with Gasteiger partial charge >= 0.3 is 5.69 Å². The SMILES string of the molecule is Cc1cn([C@H]2CC(O)[C@@H](CNC(=O)Cc3c(Cl)cccc3Cl)O2)c(=O)[nH]c1=O. The second-order valence-corrected chi connectivity index (χ2v) is 7.41. The van der Waals surface area contributed by atoms with Crippen LogP contribution in [0.25, 0.3) is 0 Å². The topological polar surface area (TPSA) is 113 Å². The molecule has 1 fully saturated rings. The van der Waals surface area contributed by atoms with Crippen molar-refractivity contribution in [3.8, 4) is 0 Å². The Labute approximate surface area is 170 Å². The van der Waals surface area contributed by atoms with Gasteiger partial charge in [-0.25, -0.2) is 4.79 Å². The minimum Gasteiger partial charge on any atom is -0.390 e. The molecule has 150 valence electrons. The highest BCUT2D eigenvalue weighted by Crippen LogP contribution is 2.27. The number of aliphatic hydroxyl groups excluding tert-OH is 1. The maximum atomic E-state index is 12.2. The summed E-state index contributed by atoms with van der Waals surface area (Å²) in [6.07, 6.45) is -0.786. The predicted octanol–water partition coefficient (Wildman–Crippen LogP) is 1.16. The number of rotatable bonds is 5. The van der Waals surface area contributed by atoms with Gasteiger partial charge in [0.25, 0.3) is 5.56 Å². The van der Waals surface area contributed by atoms with Crippen molar-refractivity contribution in [1.82, 2.24) is 14.9 Å². The first kappa shape index (κ1) is 20.6. The maximum absolute atomic E-state index is 12.2. The summed E-state index contributed by atoms with van der Waals surface area (Å²) < 4.78 is 6.94. The number of nitrogens with zero attached hydrogens (tertiary/aromatic N) is 1. The van der Waals surface area contributed by atoms with Crippen LogP contribution in [0.2, 0.25) is 10.0 Å². The zero-order chi connectivity index (χ0) is 20.4. The molecule has 0 spiro atoms. The van der Waals surface area contributed by atoms with Gasteiger partial charge in [0, 0.05) is 34.8 Å². The Balaban J connectivity index is 1.61. The van der Waals surface area contributed by atoms with Crippen LogP contribution in [0.15, 0.2) is 34.0 Å². The van der Waals surface area contributed by atoms with Gasteiger partial charge in [0.15, 0.2) is 0 Å². The van der Waals surface area contributed by atoms with E-state index in [1.807, 2.05) is 0 Å². The fraction of sp³-hybridized carbons (Fsp3) is 0.389. The van der Waals surface area contributed by atoms with Gasteiger partial charge in [-0.1, -0.05) is 29.3 Å². The number of nitrogens with one attached hydrogen (secondary N) is 2. The van der Waals surface area contributed by atoms with E-state index < -0.39 is 29.7 Å². The average Bonchev–Trinajstić information content (AvgIpc) is 3.00. The zero-order valence-corrected chi connectivity index (χ0v) is 16.5. The van der Waals surface area contributed by atoms with Crippen LogP contribution in [-0.4, -0.2) is 39.3 Å². The molecule has 1 amide bonds. The van der Waals surface area contributed by atoms with Gasteiger partial charge in [0.05, 0.1) is 12.5 Å². The molecule has 0 bridgehead atoms. The van der Waals surface area contributed by atoms with E-state index in [1.165, 1.54) is 10.8 Å². The van der Waals surface area contributed by atoms with Gasteiger partial charge in [-0.2, -0.15) is 0 Å². The molecule has 3 atom stereocenters. The number of hydrogen-bond acceptors (Lipinski definition) is 5. The number of aryl methyl sites for hydroxylation is 1. The van der Waals surface area contributed by atoms with E-state index >= 15 is 0 Å². The summed E-state index contributed by atoms with van der Waals surface area (Å²) >= 11 is 12.1. The standard InChI is InChI=1S/C18H19Cl2N3O5/c1-9-8-23(18(27)22-17(9)26)16-6-13(24)14(28-16)7-21-15(25)5-10-11(19)3-2-4-12(10)20/h2-4,8,13-14,16,24H,5-7H2,1H3,(H,21,25)(H,22,26,27)/t13?,14-,16-/m1/s1. The molecule has 0 saturated carbocycles. The summed E-state index contributed by atoms with van der Waals surface area (Å²) in [7, 11) is 0. The minimum atomic E-state index is -0.881. The lowest BCUT2D eigenvalue weighted by Crippen LogP contribution is -2.38. The van der Waals surface area contributed by atoms with Gasteiger partial charge in [-0.15, -0.1) is 0 Å². The number of carbonyl (C=O) groups is 1. The van der Waals surface area contributed by atoms with Crippen molar-refractivity contribution in [1.29, 1.82) is 0 Å². The first-order valence-corrected chi connectivity index (χ1v) is 9.37. The molecule has 1 saturated heterocycles. The highest BCUT2D eigenvalue weighted by atomic mass is 35.5. The van der Waals surface area contributed by atoms with Gasteiger partial charge < -0.3 is 15.2 Å². The molecule has 28 heavy (non-hydrogen) atoms. The Morgan fingerprint density at radius 1 is 1.36 bits per heavy atom. The Bertz CT molecular complexity index is 983. The van der Waals surface area contributed by atoms with Crippen LogP contribution in [0.3, 0.4) is 0 Å². The average molecular weight is 428 g/mol. The van der Waals surface area contributed by atoms with E-state index in [4.69, 9.17) is 27.9 Å². The molecule has 10 heteroatoms. The molecule has 2 heterocycles. The van der Waals surface area contributed by atoms with Crippen LogP contribution < -0.4 is 16.6 Å². The quantitative estimate of drug-likeness (QED) is 0.662. The van der Waals surface area contributed by atoms with Crippen LogP contribution in [-0.2, 0) is 16.0 Å².